The monoisotopic (exact) mass is 248 g/mol. The van der Waals surface area contributed by atoms with E-state index in [0.29, 0.717) is 5.56 Å². The Hall–Kier alpha value is -1.55. The van der Waals surface area contributed by atoms with Crippen molar-refractivity contribution >= 4 is 11.7 Å². The minimum Gasteiger partial charge on any atom is -0.478 e. The number of hydrogen-bond donors (Lipinski definition) is 1. The quantitative estimate of drug-likeness (QED) is 0.867. The van der Waals surface area contributed by atoms with Crippen LogP contribution in [-0.2, 0) is 0 Å². The Bertz CT molecular complexity index is 445. The Morgan fingerprint density at radius 3 is 2.72 bits per heavy atom. The van der Waals surface area contributed by atoms with Crippen LogP contribution in [0.4, 0.5) is 5.69 Å². The zero-order chi connectivity index (χ0) is 13.1. The second-order valence-electron chi connectivity index (χ2n) is 4.97. The summed E-state index contributed by atoms with van der Waals surface area (Å²) in [5.41, 5.74) is 2.26. The minimum atomic E-state index is -0.841. The number of likely N-dealkylation sites (N-methyl/N-ethyl adjacent to an activating group) is 1. The molecule has 1 fully saturated rings. The van der Waals surface area contributed by atoms with Crippen molar-refractivity contribution in [2.75, 3.05) is 38.1 Å². The molecule has 1 aromatic rings. The molecule has 0 spiro atoms. The third kappa shape index (κ3) is 2.82. The maximum atomic E-state index is 11.3. The van der Waals surface area contributed by atoms with Crippen LogP contribution < -0.4 is 4.90 Å². The minimum absolute atomic E-state index is 0.416. The van der Waals surface area contributed by atoms with E-state index in [1.54, 1.807) is 6.07 Å². The largest absolute Gasteiger partial charge is 0.478 e. The van der Waals surface area contributed by atoms with Crippen molar-refractivity contribution in [1.82, 2.24) is 4.90 Å². The number of anilines is 1. The standard InChI is InChI=1S/C14H20N2O2/c1-11-4-5-13(12(10-11)14(17)18)16-7-3-6-15(2)8-9-16/h4-5,10H,3,6-9H2,1-2H3,(H,17,18). The van der Waals surface area contributed by atoms with Gasteiger partial charge in [-0.05, 0) is 39.1 Å². The number of rotatable bonds is 2. The van der Waals surface area contributed by atoms with Crippen molar-refractivity contribution in [3.05, 3.63) is 29.3 Å². The predicted octanol–water partition coefficient (Wildman–Crippen LogP) is 1.84. The molecule has 0 radical (unpaired) electrons. The van der Waals surface area contributed by atoms with Gasteiger partial charge in [0.1, 0.15) is 0 Å². The Labute approximate surface area is 108 Å². The molecule has 98 valence electrons. The molecule has 18 heavy (non-hydrogen) atoms. The average molecular weight is 248 g/mol. The summed E-state index contributed by atoms with van der Waals surface area (Å²) in [5.74, 6) is -0.841. The van der Waals surface area contributed by atoms with E-state index >= 15 is 0 Å². The molecule has 1 N–H and O–H groups in total. The second-order valence-corrected chi connectivity index (χ2v) is 4.97. The number of benzene rings is 1. The summed E-state index contributed by atoms with van der Waals surface area (Å²) in [4.78, 5) is 15.8. The first-order valence-electron chi connectivity index (χ1n) is 6.35. The number of carboxylic acid groups (broad SMARTS) is 1. The molecule has 0 aliphatic carbocycles. The summed E-state index contributed by atoms with van der Waals surface area (Å²) in [6, 6.07) is 5.67. The molecule has 4 heteroatoms. The van der Waals surface area contributed by atoms with Gasteiger partial charge >= 0.3 is 5.97 Å². The van der Waals surface area contributed by atoms with Gasteiger partial charge in [-0.25, -0.2) is 4.79 Å². The first-order valence-corrected chi connectivity index (χ1v) is 6.35. The number of aryl methyl sites for hydroxylation is 1. The number of carbonyl (C=O) groups is 1. The second kappa shape index (κ2) is 5.40. The van der Waals surface area contributed by atoms with E-state index in [4.69, 9.17) is 0 Å². The van der Waals surface area contributed by atoms with Crippen LogP contribution in [0.15, 0.2) is 18.2 Å². The Balaban J connectivity index is 2.29. The molecule has 0 bridgehead atoms. The molecule has 1 aliphatic rings. The SMILES string of the molecule is Cc1ccc(N2CCCN(C)CC2)c(C(=O)O)c1. The van der Waals surface area contributed by atoms with Crippen molar-refractivity contribution in [2.24, 2.45) is 0 Å². The highest BCUT2D eigenvalue weighted by molar-refractivity contribution is 5.94. The van der Waals surface area contributed by atoms with Crippen LogP contribution in [-0.4, -0.2) is 49.2 Å². The molecule has 0 atom stereocenters. The maximum Gasteiger partial charge on any atom is 0.337 e. The van der Waals surface area contributed by atoms with E-state index in [1.807, 2.05) is 19.1 Å². The van der Waals surface area contributed by atoms with E-state index in [2.05, 4.69) is 16.8 Å². The molecule has 4 nitrogen and oxygen atoms in total. The third-order valence-corrected chi connectivity index (χ3v) is 3.44. The molecule has 0 saturated carbocycles. The number of hydrogen-bond acceptors (Lipinski definition) is 3. The van der Waals surface area contributed by atoms with Crippen LogP contribution >= 0.6 is 0 Å². The number of nitrogens with zero attached hydrogens (tertiary/aromatic N) is 2. The molecular formula is C14H20N2O2. The van der Waals surface area contributed by atoms with Gasteiger partial charge < -0.3 is 14.9 Å². The molecule has 2 rings (SSSR count). The van der Waals surface area contributed by atoms with Gasteiger partial charge in [-0.15, -0.1) is 0 Å². The van der Waals surface area contributed by atoms with E-state index in [0.717, 1.165) is 43.9 Å². The van der Waals surface area contributed by atoms with E-state index in [1.165, 1.54) is 0 Å². The normalized spacial score (nSPS) is 17.6. The van der Waals surface area contributed by atoms with Gasteiger partial charge in [-0.3, -0.25) is 0 Å². The van der Waals surface area contributed by atoms with Crippen LogP contribution in [0, 0.1) is 6.92 Å². The lowest BCUT2D eigenvalue weighted by Crippen LogP contribution is -2.30. The highest BCUT2D eigenvalue weighted by Gasteiger charge is 2.18. The van der Waals surface area contributed by atoms with Crippen molar-refractivity contribution in [3.8, 4) is 0 Å². The maximum absolute atomic E-state index is 11.3. The predicted molar refractivity (Wildman–Crippen MR) is 72.5 cm³/mol. The van der Waals surface area contributed by atoms with Crippen LogP contribution in [0.3, 0.4) is 0 Å². The van der Waals surface area contributed by atoms with Crippen LogP contribution in [0.1, 0.15) is 22.3 Å². The number of aromatic carboxylic acids is 1. The van der Waals surface area contributed by atoms with Crippen molar-refractivity contribution in [2.45, 2.75) is 13.3 Å². The van der Waals surface area contributed by atoms with Gasteiger partial charge in [0, 0.05) is 19.6 Å². The lowest BCUT2D eigenvalue weighted by molar-refractivity contribution is 0.0697. The highest BCUT2D eigenvalue weighted by Crippen LogP contribution is 2.23. The Morgan fingerprint density at radius 1 is 1.22 bits per heavy atom. The van der Waals surface area contributed by atoms with Crippen LogP contribution in [0.2, 0.25) is 0 Å². The van der Waals surface area contributed by atoms with Gasteiger partial charge in [0.2, 0.25) is 0 Å². The summed E-state index contributed by atoms with van der Waals surface area (Å²) >= 11 is 0. The fourth-order valence-electron chi connectivity index (χ4n) is 2.38. The fraction of sp³-hybridized carbons (Fsp3) is 0.500. The third-order valence-electron chi connectivity index (χ3n) is 3.44. The van der Waals surface area contributed by atoms with E-state index < -0.39 is 5.97 Å². The summed E-state index contributed by atoms with van der Waals surface area (Å²) in [6.45, 7) is 5.79. The molecule has 1 aromatic carbocycles. The molecule has 0 amide bonds. The van der Waals surface area contributed by atoms with E-state index in [9.17, 15) is 9.90 Å². The summed E-state index contributed by atoms with van der Waals surface area (Å²) in [5, 5.41) is 9.31. The average Bonchev–Trinajstić information content (AvgIpc) is 2.54. The first kappa shape index (κ1) is 12.9. The van der Waals surface area contributed by atoms with Crippen molar-refractivity contribution in [1.29, 1.82) is 0 Å². The van der Waals surface area contributed by atoms with E-state index in [-0.39, 0.29) is 0 Å². The molecule has 1 saturated heterocycles. The molecular weight excluding hydrogens is 228 g/mol. The van der Waals surface area contributed by atoms with Crippen LogP contribution in [0.25, 0.3) is 0 Å². The molecule has 1 aliphatic heterocycles. The molecule has 0 unspecified atom stereocenters. The zero-order valence-corrected chi connectivity index (χ0v) is 11.0. The van der Waals surface area contributed by atoms with Gasteiger partial charge in [0.15, 0.2) is 0 Å². The van der Waals surface area contributed by atoms with Gasteiger partial charge in [0.25, 0.3) is 0 Å². The van der Waals surface area contributed by atoms with Gasteiger partial charge in [0.05, 0.1) is 11.3 Å². The lowest BCUT2D eigenvalue weighted by atomic mass is 10.1. The van der Waals surface area contributed by atoms with Crippen LogP contribution in [0.5, 0.6) is 0 Å². The lowest BCUT2D eigenvalue weighted by Gasteiger charge is -2.24. The topological polar surface area (TPSA) is 43.8 Å². The highest BCUT2D eigenvalue weighted by atomic mass is 16.4. The number of carboxylic acids is 1. The Kier molecular flexibility index (Phi) is 3.87. The summed E-state index contributed by atoms with van der Waals surface area (Å²) in [6.07, 6.45) is 1.07. The van der Waals surface area contributed by atoms with Gasteiger partial charge in [-0.1, -0.05) is 11.6 Å². The van der Waals surface area contributed by atoms with Gasteiger partial charge in [-0.2, -0.15) is 0 Å². The fourth-order valence-corrected chi connectivity index (χ4v) is 2.38. The first-order chi connectivity index (χ1) is 8.58. The van der Waals surface area contributed by atoms with Crippen molar-refractivity contribution < 1.29 is 9.90 Å². The molecule has 0 aromatic heterocycles. The molecule has 1 heterocycles. The smallest absolute Gasteiger partial charge is 0.337 e. The Morgan fingerprint density at radius 2 is 2.00 bits per heavy atom. The zero-order valence-electron chi connectivity index (χ0n) is 11.0. The summed E-state index contributed by atoms with van der Waals surface area (Å²) in [7, 11) is 2.11. The summed E-state index contributed by atoms with van der Waals surface area (Å²) < 4.78 is 0. The van der Waals surface area contributed by atoms with Crippen molar-refractivity contribution in [3.63, 3.8) is 0 Å².